The molecule has 6 nitrogen and oxygen atoms in total. The van der Waals surface area contributed by atoms with Crippen LogP contribution in [0.5, 0.6) is 0 Å². The van der Waals surface area contributed by atoms with Gasteiger partial charge in [-0.25, -0.2) is 13.4 Å². The SMILES string of the molecule is CCS(=O)(=O)c1ccc(CC(=O)Nc2nc(-c3ccccc3)c(C(=O)c3ccccc3C(F)(F)F)s2)cc1. The lowest BCUT2D eigenvalue weighted by atomic mass is 10.00. The van der Waals surface area contributed by atoms with Crippen molar-refractivity contribution in [1.29, 1.82) is 0 Å². The summed E-state index contributed by atoms with van der Waals surface area (Å²) >= 11 is 0.785. The van der Waals surface area contributed by atoms with Gasteiger partial charge in [0.25, 0.3) is 0 Å². The molecule has 38 heavy (non-hydrogen) atoms. The molecule has 0 spiro atoms. The monoisotopic (exact) mass is 558 g/mol. The Kier molecular flexibility index (Phi) is 7.79. The zero-order valence-corrected chi connectivity index (χ0v) is 21.6. The number of nitrogens with one attached hydrogen (secondary N) is 1. The average Bonchev–Trinajstić information content (AvgIpc) is 3.32. The molecule has 4 rings (SSSR count). The lowest BCUT2D eigenvalue weighted by molar-refractivity contribution is -0.137. The molecule has 4 aromatic rings. The molecule has 0 aliphatic rings. The maximum absolute atomic E-state index is 13.6. The van der Waals surface area contributed by atoms with Crippen LogP contribution in [0.1, 0.15) is 33.3 Å². The van der Waals surface area contributed by atoms with Crippen LogP contribution in [-0.2, 0) is 27.2 Å². The Hall–Kier alpha value is -3.83. The van der Waals surface area contributed by atoms with Crippen molar-refractivity contribution in [2.75, 3.05) is 11.1 Å². The van der Waals surface area contributed by atoms with Crippen molar-refractivity contribution in [1.82, 2.24) is 4.98 Å². The van der Waals surface area contributed by atoms with E-state index >= 15 is 0 Å². The average molecular weight is 559 g/mol. The van der Waals surface area contributed by atoms with Crippen molar-refractivity contribution in [2.45, 2.75) is 24.4 Å². The fourth-order valence-electron chi connectivity index (χ4n) is 3.70. The van der Waals surface area contributed by atoms with Crippen molar-refractivity contribution in [3.63, 3.8) is 0 Å². The largest absolute Gasteiger partial charge is 0.417 e. The lowest BCUT2D eigenvalue weighted by Gasteiger charge is -2.11. The molecule has 3 aromatic carbocycles. The Morgan fingerprint density at radius 2 is 1.55 bits per heavy atom. The number of sulfone groups is 1. The number of aromatic nitrogens is 1. The minimum atomic E-state index is -4.73. The topological polar surface area (TPSA) is 93.2 Å². The Morgan fingerprint density at radius 3 is 2.18 bits per heavy atom. The number of anilines is 1. The molecule has 1 amide bonds. The molecule has 0 bridgehead atoms. The number of ketones is 1. The van der Waals surface area contributed by atoms with Gasteiger partial charge in [0, 0.05) is 11.1 Å². The standard InChI is InChI=1S/C27H21F3N2O4S2/c1-2-38(35,36)19-14-12-17(13-15-19)16-22(33)31-26-32-23(18-8-4-3-5-9-18)25(37-26)24(34)20-10-6-7-11-21(20)27(28,29)30/h3-15H,2,16H2,1H3,(H,31,32,33). The summed E-state index contributed by atoms with van der Waals surface area (Å²) in [6.07, 6.45) is -4.83. The molecule has 11 heteroatoms. The number of hydrogen-bond donors (Lipinski definition) is 1. The second kappa shape index (κ2) is 10.9. The molecule has 0 saturated carbocycles. The maximum atomic E-state index is 13.6. The van der Waals surface area contributed by atoms with Gasteiger partial charge in [-0.05, 0) is 23.8 Å². The van der Waals surface area contributed by atoms with Gasteiger partial charge in [0.2, 0.25) is 11.7 Å². The predicted molar refractivity (Wildman–Crippen MR) is 139 cm³/mol. The van der Waals surface area contributed by atoms with Gasteiger partial charge < -0.3 is 5.32 Å². The van der Waals surface area contributed by atoms with Crippen LogP contribution in [0.25, 0.3) is 11.3 Å². The number of hydrogen-bond acceptors (Lipinski definition) is 6. The van der Waals surface area contributed by atoms with E-state index in [4.69, 9.17) is 0 Å². The number of rotatable bonds is 8. The highest BCUT2D eigenvalue weighted by molar-refractivity contribution is 7.91. The first kappa shape index (κ1) is 27.2. The Labute approximate surface area is 221 Å². The predicted octanol–water partition coefficient (Wildman–Crippen LogP) is 6.03. The molecule has 0 aliphatic heterocycles. The van der Waals surface area contributed by atoms with E-state index < -0.39 is 38.8 Å². The first-order chi connectivity index (χ1) is 18.0. The quantitative estimate of drug-likeness (QED) is 0.267. The van der Waals surface area contributed by atoms with Crippen LogP contribution in [0.15, 0.2) is 83.8 Å². The molecule has 0 atom stereocenters. The van der Waals surface area contributed by atoms with Crippen LogP contribution < -0.4 is 5.32 Å². The number of carbonyl (C=O) groups is 2. The zero-order chi connectivity index (χ0) is 27.5. The van der Waals surface area contributed by atoms with Gasteiger partial charge >= 0.3 is 6.18 Å². The summed E-state index contributed by atoms with van der Waals surface area (Å²) in [5.74, 6) is -1.39. The molecule has 0 aliphatic carbocycles. The molecule has 0 unspecified atom stereocenters. The summed E-state index contributed by atoms with van der Waals surface area (Å²) in [7, 11) is -3.38. The number of amides is 1. The number of benzene rings is 3. The van der Waals surface area contributed by atoms with Crippen molar-refractivity contribution in [3.05, 3.63) is 100 Å². The zero-order valence-electron chi connectivity index (χ0n) is 20.0. The van der Waals surface area contributed by atoms with Gasteiger partial charge in [0.05, 0.1) is 28.3 Å². The normalized spacial score (nSPS) is 11.8. The molecule has 0 saturated heterocycles. The summed E-state index contributed by atoms with van der Waals surface area (Å²) in [5, 5.41) is 2.65. The molecule has 1 aromatic heterocycles. The van der Waals surface area contributed by atoms with Crippen molar-refractivity contribution in [2.24, 2.45) is 0 Å². The van der Waals surface area contributed by atoms with E-state index in [0.29, 0.717) is 11.1 Å². The van der Waals surface area contributed by atoms with Gasteiger partial charge in [-0.3, -0.25) is 9.59 Å². The highest BCUT2D eigenvalue weighted by atomic mass is 32.2. The lowest BCUT2D eigenvalue weighted by Crippen LogP contribution is -2.14. The number of alkyl halides is 3. The second-order valence-corrected chi connectivity index (χ2v) is 11.5. The fourth-order valence-corrected chi connectivity index (χ4v) is 5.54. The Bertz CT molecular complexity index is 1580. The van der Waals surface area contributed by atoms with E-state index in [1.807, 2.05) is 0 Å². The van der Waals surface area contributed by atoms with Crippen LogP contribution in [-0.4, -0.2) is 30.8 Å². The Morgan fingerprint density at radius 1 is 0.921 bits per heavy atom. The van der Waals surface area contributed by atoms with E-state index in [-0.39, 0.29) is 32.8 Å². The molecule has 0 fully saturated rings. The third kappa shape index (κ3) is 6.00. The van der Waals surface area contributed by atoms with Gasteiger partial charge in [-0.15, -0.1) is 0 Å². The maximum Gasteiger partial charge on any atom is 0.417 e. The van der Waals surface area contributed by atoms with Crippen LogP contribution >= 0.6 is 11.3 Å². The van der Waals surface area contributed by atoms with Gasteiger partial charge in [0.1, 0.15) is 4.88 Å². The van der Waals surface area contributed by atoms with E-state index in [2.05, 4.69) is 10.3 Å². The molecular weight excluding hydrogens is 537 g/mol. The van der Waals surface area contributed by atoms with E-state index in [1.54, 1.807) is 30.3 Å². The number of halogens is 3. The second-order valence-electron chi connectivity index (χ2n) is 8.21. The first-order valence-corrected chi connectivity index (χ1v) is 13.8. The van der Waals surface area contributed by atoms with Crippen LogP contribution in [0.4, 0.5) is 18.3 Å². The summed E-state index contributed by atoms with van der Waals surface area (Å²) in [6, 6.07) is 18.9. The molecule has 1 heterocycles. The summed E-state index contributed by atoms with van der Waals surface area (Å²) in [5.41, 5.74) is -0.364. The van der Waals surface area contributed by atoms with Crippen molar-refractivity contribution < 1.29 is 31.2 Å². The smallest absolute Gasteiger partial charge is 0.302 e. The third-order valence-corrected chi connectivity index (χ3v) is 8.35. The number of thiazole rings is 1. The summed E-state index contributed by atoms with van der Waals surface area (Å²) in [4.78, 5) is 30.5. The van der Waals surface area contributed by atoms with E-state index in [1.165, 1.54) is 43.3 Å². The highest BCUT2D eigenvalue weighted by Gasteiger charge is 2.36. The van der Waals surface area contributed by atoms with Crippen LogP contribution in [0.3, 0.4) is 0 Å². The summed E-state index contributed by atoms with van der Waals surface area (Å²) < 4.78 is 64.7. The van der Waals surface area contributed by atoms with E-state index in [9.17, 15) is 31.2 Å². The van der Waals surface area contributed by atoms with Crippen molar-refractivity contribution >= 4 is 38.0 Å². The molecule has 196 valence electrons. The first-order valence-electron chi connectivity index (χ1n) is 11.4. The highest BCUT2D eigenvalue weighted by Crippen LogP contribution is 2.37. The van der Waals surface area contributed by atoms with Crippen LogP contribution in [0, 0.1) is 0 Å². The minimum absolute atomic E-state index is 0.0441. The third-order valence-electron chi connectivity index (χ3n) is 5.63. The van der Waals surface area contributed by atoms with Gasteiger partial charge in [0.15, 0.2) is 15.0 Å². The number of carbonyl (C=O) groups excluding carboxylic acids is 2. The molecule has 1 N–H and O–H groups in total. The molecule has 0 radical (unpaired) electrons. The van der Waals surface area contributed by atoms with Gasteiger partial charge in [-0.1, -0.05) is 78.9 Å². The van der Waals surface area contributed by atoms with E-state index in [0.717, 1.165) is 23.5 Å². The minimum Gasteiger partial charge on any atom is -0.302 e. The van der Waals surface area contributed by atoms with Crippen molar-refractivity contribution in [3.8, 4) is 11.3 Å². The Balaban J connectivity index is 1.63. The fraction of sp³-hybridized carbons (Fsp3) is 0.148. The summed E-state index contributed by atoms with van der Waals surface area (Å²) in [6.45, 7) is 1.54. The molecular formula is C27H21F3N2O4S2. The van der Waals surface area contributed by atoms with Crippen LogP contribution in [0.2, 0.25) is 0 Å². The number of nitrogens with zero attached hydrogens (tertiary/aromatic N) is 1. The van der Waals surface area contributed by atoms with Gasteiger partial charge in [-0.2, -0.15) is 13.2 Å².